The number of carbonyl (C=O) groups excluding carboxylic acids is 1. The van der Waals surface area contributed by atoms with Crippen LogP contribution in [0.4, 0.5) is 8.78 Å². The summed E-state index contributed by atoms with van der Waals surface area (Å²) in [6, 6.07) is 22.3. The fourth-order valence-electron chi connectivity index (χ4n) is 2.86. The van der Waals surface area contributed by atoms with Crippen LogP contribution in [0.1, 0.15) is 33.6 Å². The van der Waals surface area contributed by atoms with Crippen molar-refractivity contribution in [3.63, 3.8) is 0 Å². The number of hydrogen-bond acceptors (Lipinski definition) is 3. The molecule has 144 valence electrons. The molecule has 3 aromatic carbocycles. The first-order valence-corrected chi connectivity index (χ1v) is 8.77. The highest BCUT2D eigenvalue weighted by molar-refractivity contribution is 5.93. The average Bonchev–Trinajstić information content (AvgIpc) is 2.75. The molecule has 0 aliphatic heterocycles. The molecule has 2 atom stereocenters. The average molecular weight is 382 g/mol. The van der Waals surface area contributed by atoms with Gasteiger partial charge in [-0.15, -0.1) is 0 Å². The second-order valence-corrected chi connectivity index (χ2v) is 6.30. The summed E-state index contributed by atoms with van der Waals surface area (Å²) in [6.45, 7) is 0. The van der Waals surface area contributed by atoms with Crippen molar-refractivity contribution in [1.29, 1.82) is 0 Å². The lowest BCUT2D eigenvalue weighted by atomic mass is 9.93. The number of carbonyl (C=O) groups is 1. The van der Waals surface area contributed by atoms with Crippen molar-refractivity contribution in [1.82, 2.24) is 10.9 Å². The standard InChI is InChI=1S/C22H20F2N2O2/c23-22(24,20(27)17-12-6-2-7-13-17)19(16-10-4-1-5-11-16)25-26-21(28)18-14-8-3-9-15-18/h1-15,19-20,25,27H,(H,26,28)/t19-,20?/m0/s1. The van der Waals surface area contributed by atoms with E-state index in [2.05, 4.69) is 10.9 Å². The zero-order valence-electron chi connectivity index (χ0n) is 14.9. The van der Waals surface area contributed by atoms with Crippen LogP contribution in [0.25, 0.3) is 0 Å². The van der Waals surface area contributed by atoms with Crippen molar-refractivity contribution >= 4 is 5.91 Å². The Morgan fingerprint density at radius 1 is 0.786 bits per heavy atom. The summed E-state index contributed by atoms with van der Waals surface area (Å²) in [5, 5.41) is 10.4. The van der Waals surface area contributed by atoms with Gasteiger partial charge in [0.2, 0.25) is 0 Å². The molecule has 6 heteroatoms. The number of hydrogen-bond donors (Lipinski definition) is 3. The van der Waals surface area contributed by atoms with E-state index in [1.54, 1.807) is 66.7 Å². The number of hydrazine groups is 1. The number of aliphatic hydroxyl groups is 1. The van der Waals surface area contributed by atoms with E-state index in [1.807, 2.05) is 0 Å². The van der Waals surface area contributed by atoms with Gasteiger partial charge in [0, 0.05) is 5.56 Å². The maximum Gasteiger partial charge on any atom is 0.298 e. The van der Waals surface area contributed by atoms with Crippen LogP contribution in [0.5, 0.6) is 0 Å². The molecule has 28 heavy (non-hydrogen) atoms. The fraction of sp³-hybridized carbons (Fsp3) is 0.136. The van der Waals surface area contributed by atoms with Crippen LogP contribution in [0.15, 0.2) is 91.0 Å². The van der Waals surface area contributed by atoms with Gasteiger partial charge in [-0.3, -0.25) is 10.2 Å². The predicted octanol–water partition coefficient (Wildman–Crippen LogP) is 4.03. The minimum absolute atomic E-state index is 0.0876. The Kier molecular flexibility index (Phi) is 6.13. The first kappa shape index (κ1) is 19.7. The van der Waals surface area contributed by atoms with E-state index in [4.69, 9.17) is 0 Å². The Balaban J connectivity index is 1.86. The molecule has 0 fully saturated rings. The first-order valence-electron chi connectivity index (χ1n) is 8.77. The Morgan fingerprint density at radius 3 is 1.79 bits per heavy atom. The molecule has 3 aromatic rings. The molecule has 0 saturated carbocycles. The Morgan fingerprint density at radius 2 is 1.25 bits per heavy atom. The summed E-state index contributed by atoms with van der Waals surface area (Å²) < 4.78 is 30.5. The second-order valence-electron chi connectivity index (χ2n) is 6.30. The third-order valence-corrected chi connectivity index (χ3v) is 4.36. The van der Waals surface area contributed by atoms with Crippen LogP contribution >= 0.6 is 0 Å². The molecular formula is C22H20F2N2O2. The fourth-order valence-corrected chi connectivity index (χ4v) is 2.86. The monoisotopic (exact) mass is 382 g/mol. The molecule has 0 aromatic heterocycles. The van der Waals surface area contributed by atoms with Crippen molar-refractivity contribution in [3.05, 3.63) is 108 Å². The van der Waals surface area contributed by atoms with Crippen LogP contribution in [-0.4, -0.2) is 16.9 Å². The second kappa shape index (κ2) is 8.73. The van der Waals surface area contributed by atoms with Gasteiger partial charge in [0.1, 0.15) is 12.1 Å². The minimum Gasteiger partial charge on any atom is -0.382 e. The van der Waals surface area contributed by atoms with Gasteiger partial charge in [-0.05, 0) is 23.3 Å². The van der Waals surface area contributed by atoms with Crippen molar-refractivity contribution in [3.8, 4) is 0 Å². The molecule has 0 aliphatic rings. The smallest absolute Gasteiger partial charge is 0.298 e. The molecule has 3 N–H and O–H groups in total. The van der Waals surface area contributed by atoms with E-state index in [9.17, 15) is 9.90 Å². The van der Waals surface area contributed by atoms with Crippen LogP contribution in [0.2, 0.25) is 0 Å². The van der Waals surface area contributed by atoms with Crippen LogP contribution in [-0.2, 0) is 0 Å². The quantitative estimate of drug-likeness (QED) is 0.541. The molecule has 0 aliphatic carbocycles. The number of aliphatic hydroxyl groups excluding tert-OH is 1. The summed E-state index contributed by atoms with van der Waals surface area (Å²) in [7, 11) is 0. The van der Waals surface area contributed by atoms with Crippen molar-refractivity contribution in [2.75, 3.05) is 0 Å². The van der Waals surface area contributed by atoms with Crippen LogP contribution in [0.3, 0.4) is 0 Å². The topological polar surface area (TPSA) is 61.4 Å². The van der Waals surface area contributed by atoms with E-state index in [0.717, 1.165) is 0 Å². The summed E-state index contributed by atoms with van der Waals surface area (Å²) in [4.78, 5) is 12.3. The Hall–Kier alpha value is -3.09. The van der Waals surface area contributed by atoms with Gasteiger partial charge in [0.15, 0.2) is 0 Å². The first-order chi connectivity index (χ1) is 13.5. The molecule has 1 unspecified atom stereocenters. The normalized spacial score (nSPS) is 13.5. The van der Waals surface area contributed by atoms with Crippen molar-refractivity contribution < 1.29 is 18.7 Å². The van der Waals surface area contributed by atoms with E-state index >= 15 is 8.78 Å². The maximum absolute atomic E-state index is 15.2. The van der Waals surface area contributed by atoms with Gasteiger partial charge in [-0.2, -0.15) is 0 Å². The summed E-state index contributed by atoms with van der Waals surface area (Å²) in [6.07, 6.45) is -2.06. The van der Waals surface area contributed by atoms with Gasteiger partial charge >= 0.3 is 0 Å². The lowest BCUT2D eigenvalue weighted by molar-refractivity contribution is -0.138. The largest absolute Gasteiger partial charge is 0.382 e. The third kappa shape index (κ3) is 4.42. The number of amides is 1. The highest BCUT2D eigenvalue weighted by atomic mass is 19.3. The maximum atomic E-state index is 15.2. The number of nitrogens with one attached hydrogen (secondary N) is 2. The molecule has 3 rings (SSSR count). The SMILES string of the molecule is O=C(NN[C@@H](c1ccccc1)C(F)(F)C(O)c1ccccc1)c1ccccc1. The lowest BCUT2D eigenvalue weighted by Crippen LogP contribution is -2.49. The van der Waals surface area contributed by atoms with E-state index in [0.29, 0.717) is 5.56 Å². The number of halogens is 2. The lowest BCUT2D eigenvalue weighted by Gasteiger charge is -2.32. The highest BCUT2D eigenvalue weighted by Gasteiger charge is 2.48. The van der Waals surface area contributed by atoms with Gasteiger partial charge in [0.25, 0.3) is 11.8 Å². The Bertz CT molecular complexity index is 890. The van der Waals surface area contributed by atoms with Crippen LogP contribution < -0.4 is 10.9 Å². The summed E-state index contributed by atoms with van der Waals surface area (Å²) >= 11 is 0. The molecular weight excluding hydrogens is 362 g/mol. The number of alkyl halides is 2. The van der Waals surface area contributed by atoms with Gasteiger partial charge < -0.3 is 5.11 Å². The highest BCUT2D eigenvalue weighted by Crippen LogP contribution is 2.41. The Labute approximate surface area is 161 Å². The zero-order valence-corrected chi connectivity index (χ0v) is 14.9. The summed E-state index contributed by atoms with van der Waals surface area (Å²) in [5.41, 5.74) is 5.39. The molecule has 4 nitrogen and oxygen atoms in total. The molecule has 0 saturated heterocycles. The minimum atomic E-state index is -3.60. The summed E-state index contributed by atoms with van der Waals surface area (Å²) in [5.74, 6) is -4.15. The molecule has 0 spiro atoms. The predicted molar refractivity (Wildman–Crippen MR) is 103 cm³/mol. The van der Waals surface area contributed by atoms with E-state index in [-0.39, 0.29) is 11.1 Å². The van der Waals surface area contributed by atoms with Crippen molar-refractivity contribution in [2.24, 2.45) is 0 Å². The van der Waals surface area contributed by atoms with Crippen LogP contribution in [0, 0.1) is 0 Å². The van der Waals surface area contributed by atoms with Crippen molar-refractivity contribution in [2.45, 2.75) is 18.1 Å². The van der Waals surface area contributed by atoms with Gasteiger partial charge in [-0.25, -0.2) is 14.2 Å². The van der Waals surface area contributed by atoms with E-state index < -0.39 is 24.0 Å². The number of benzene rings is 3. The zero-order chi connectivity index (χ0) is 20.0. The third-order valence-electron chi connectivity index (χ3n) is 4.36. The van der Waals surface area contributed by atoms with E-state index in [1.165, 1.54) is 24.3 Å². The molecule has 0 radical (unpaired) electrons. The van der Waals surface area contributed by atoms with Gasteiger partial charge in [0.05, 0.1) is 0 Å². The molecule has 0 heterocycles. The number of rotatable bonds is 7. The molecule has 0 bridgehead atoms. The van der Waals surface area contributed by atoms with Gasteiger partial charge in [-0.1, -0.05) is 78.9 Å². The molecule has 1 amide bonds.